The summed E-state index contributed by atoms with van der Waals surface area (Å²) in [5.41, 5.74) is 3.22. The number of aliphatic hydroxyl groups is 3. The molecule has 0 radical (unpaired) electrons. The Morgan fingerprint density at radius 1 is 1.02 bits per heavy atom. The maximum absolute atomic E-state index is 15.1. The molecular weight excluding hydrogens is 695 g/mol. The second-order valence-corrected chi connectivity index (χ2v) is 12.8. The fourth-order valence-electron chi connectivity index (χ4n) is 4.82. The number of nitrogens with one attached hydrogen (secondary N) is 7. The van der Waals surface area contributed by atoms with Gasteiger partial charge >= 0.3 is 11.8 Å². The Balaban J connectivity index is 2.15. The summed E-state index contributed by atoms with van der Waals surface area (Å²) in [4.78, 5) is 79.0. The number of amides is 5. The fourth-order valence-corrected chi connectivity index (χ4v) is 4.82. The van der Waals surface area contributed by atoms with Gasteiger partial charge in [0.25, 0.3) is 0 Å². The van der Waals surface area contributed by atoms with E-state index in [0.717, 1.165) is 0 Å². The van der Waals surface area contributed by atoms with E-state index in [2.05, 4.69) is 36.9 Å². The predicted octanol–water partition coefficient (Wildman–Crippen LogP) is -3.00. The third-order valence-electron chi connectivity index (χ3n) is 7.30. The normalized spacial score (nSPS) is 19.5. The summed E-state index contributed by atoms with van der Waals surface area (Å²) >= 11 is 0. The Kier molecular flexibility index (Phi) is 16.8. The highest BCUT2D eigenvalue weighted by molar-refractivity contribution is 5.97. The van der Waals surface area contributed by atoms with E-state index in [1.54, 1.807) is 20.8 Å². The summed E-state index contributed by atoms with van der Waals surface area (Å²) in [5, 5.41) is 51.3. The number of hydrogen-bond donors (Lipinski definition) is 11. The second-order valence-electron chi connectivity index (χ2n) is 12.8. The van der Waals surface area contributed by atoms with Crippen molar-refractivity contribution in [2.24, 2.45) is 5.73 Å². The van der Waals surface area contributed by atoms with Gasteiger partial charge in [-0.25, -0.2) is 14.0 Å². The molecule has 6 atom stereocenters. The Morgan fingerprint density at radius 2 is 1.65 bits per heavy atom. The largest absolute Gasteiger partial charge is 0.444 e. The first-order chi connectivity index (χ1) is 24.3. The van der Waals surface area contributed by atoms with E-state index in [0.29, 0.717) is 17.2 Å². The van der Waals surface area contributed by atoms with Crippen LogP contribution in [0.25, 0.3) is 0 Å². The molecule has 1 saturated heterocycles. The van der Waals surface area contributed by atoms with Crippen LogP contribution in [0.1, 0.15) is 66.0 Å². The molecule has 1 aliphatic heterocycles. The lowest BCUT2D eigenvalue weighted by atomic mass is 10.1. The minimum absolute atomic E-state index is 0.0295. The number of nitrogens with two attached hydrogens (primary N) is 1. The SMILES string of the molecule is CC(=O)NCCCCC(NC(=O)CNC(=O)C(CCCNC(=N)N)NC(=O)OC(C)(C)C)C(=O)Nc1nc(=O)n([C@@H]2O[C@H](CO)C(O)[C@@H]2O)cc1F. The zero-order chi connectivity index (χ0) is 39.2. The number of carbonyl (C=O) groups excluding carboxylic acids is 5. The van der Waals surface area contributed by atoms with Gasteiger partial charge in [0, 0.05) is 20.0 Å². The van der Waals surface area contributed by atoms with Gasteiger partial charge in [-0.1, -0.05) is 0 Å². The number of aliphatic hydroxyl groups excluding tert-OH is 3. The van der Waals surface area contributed by atoms with Crippen molar-refractivity contribution < 1.29 is 53.2 Å². The minimum Gasteiger partial charge on any atom is -0.444 e. The summed E-state index contributed by atoms with van der Waals surface area (Å²) in [6.45, 7) is 5.33. The standard InChI is InChI=1S/C30H49FN10O11/c1-15(43)34-10-6-5-8-18(25(48)39-23-16(31)13-41(28(49)40-23)26-22(46)21(45)19(14-42)51-26)37-20(44)12-36-24(47)17(9-7-11-35-27(32)33)38-29(50)52-30(2,3)4/h13,17-19,21-22,26,42,45-46H,5-12,14H2,1-4H3,(H,34,43)(H,36,47)(H,37,44)(H,38,50)(H4,32,33,35)(H,39,40,48,49)/t17?,18?,19-,21?,22+,26-/m1/s1. The van der Waals surface area contributed by atoms with Crippen molar-refractivity contribution in [3.05, 3.63) is 22.5 Å². The van der Waals surface area contributed by atoms with Crippen LogP contribution in [0, 0.1) is 11.2 Å². The first kappa shape index (κ1) is 43.2. The molecule has 2 rings (SSSR count). The van der Waals surface area contributed by atoms with Crippen molar-refractivity contribution >= 4 is 41.5 Å². The molecule has 3 unspecified atom stereocenters. The number of alkyl carbamates (subject to hydrolysis) is 1. The van der Waals surface area contributed by atoms with Crippen LogP contribution in [0.2, 0.25) is 0 Å². The van der Waals surface area contributed by atoms with E-state index in [-0.39, 0.29) is 50.6 Å². The summed E-state index contributed by atoms with van der Waals surface area (Å²) in [6, 6.07) is -2.51. The molecule has 292 valence electrons. The molecule has 1 fully saturated rings. The third-order valence-corrected chi connectivity index (χ3v) is 7.30. The highest BCUT2D eigenvalue weighted by Gasteiger charge is 2.44. The molecule has 0 aromatic carbocycles. The first-order valence-electron chi connectivity index (χ1n) is 16.4. The van der Waals surface area contributed by atoms with E-state index in [9.17, 15) is 44.1 Å². The van der Waals surface area contributed by atoms with Gasteiger partial charge in [0.15, 0.2) is 23.8 Å². The molecule has 1 aromatic rings. The first-order valence-corrected chi connectivity index (χ1v) is 16.4. The Morgan fingerprint density at radius 3 is 2.25 bits per heavy atom. The van der Waals surface area contributed by atoms with Crippen molar-refractivity contribution in [3.8, 4) is 0 Å². The molecule has 0 saturated carbocycles. The van der Waals surface area contributed by atoms with Crippen molar-refractivity contribution in [3.63, 3.8) is 0 Å². The van der Waals surface area contributed by atoms with Crippen LogP contribution >= 0.6 is 0 Å². The quantitative estimate of drug-likeness (QED) is 0.0406. The van der Waals surface area contributed by atoms with E-state index >= 15 is 4.39 Å². The predicted molar refractivity (Wildman–Crippen MR) is 180 cm³/mol. The lowest BCUT2D eigenvalue weighted by molar-refractivity contribution is -0.129. The number of nitrogens with zero attached hydrogens (tertiary/aromatic N) is 2. The number of unbranched alkanes of at least 4 members (excludes halogenated alkanes) is 1. The molecule has 0 bridgehead atoms. The lowest BCUT2D eigenvalue weighted by Crippen LogP contribution is -2.52. The molecule has 52 heavy (non-hydrogen) atoms. The molecule has 1 aliphatic rings. The minimum atomic E-state index is -1.71. The zero-order valence-corrected chi connectivity index (χ0v) is 29.4. The van der Waals surface area contributed by atoms with E-state index in [1.165, 1.54) is 6.92 Å². The maximum Gasteiger partial charge on any atom is 0.408 e. The lowest BCUT2D eigenvalue weighted by Gasteiger charge is -2.23. The average Bonchev–Trinajstić information content (AvgIpc) is 3.33. The molecule has 0 spiro atoms. The highest BCUT2D eigenvalue weighted by atomic mass is 19.1. The molecular formula is C30H49FN10O11. The zero-order valence-electron chi connectivity index (χ0n) is 29.4. The van der Waals surface area contributed by atoms with E-state index in [1.807, 2.05) is 0 Å². The van der Waals surface area contributed by atoms with Gasteiger partial charge in [-0.05, 0) is 52.9 Å². The number of hydrogen-bond acceptors (Lipinski definition) is 13. The topological polar surface area (TPSA) is 321 Å². The smallest absolute Gasteiger partial charge is 0.408 e. The van der Waals surface area contributed by atoms with E-state index < -0.39 is 96.5 Å². The molecule has 22 heteroatoms. The number of rotatable bonds is 18. The second kappa shape index (κ2) is 20.2. The Hall–Kier alpha value is -4.93. The number of halogens is 1. The number of carbonyl (C=O) groups is 5. The summed E-state index contributed by atoms with van der Waals surface area (Å²) in [6.07, 6.45) is -5.44. The number of aromatic nitrogens is 2. The summed E-state index contributed by atoms with van der Waals surface area (Å²) in [5.74, 6) is -5.22. The molecule has 5 amide bonds. The third kappa shape index (κ3) is 14.4. The van der Waals surface area contributed by atoms with Gasteiger partial charge in [0.2, 0.25) is 23.6 Å². The number of ether oxygens (including phenoxy) is 2. The van der Waals surface area contributed by atoms with Crippen molar-refractivity contribution in [1.82, 2.24) is 36.1 Å². The van der Waals surface area contributed by atoms with E-state index in [4.69, 9.17) is 20.6 Å². The van der Waals surface area contributed by atoms with Crippen LogP contribution < -0.4 is 43.3 Å². The molecule has 1 aromatic heterocycles. The maximum atomic E-state index is 15.1. The number of anilines is 1. The molecule has 12 N–H and O–H groups in total. The van der Waals surface area contributed by atoms with Gasteiger partial charge < -0.3 is 62.4 Å². The van der Waals surface area contributed by atoms with Crippen molar-refractivity contribution in [2.45, 2.75) is 102 Å². The van der Waals surface area contributed by atoms with Crippen LogP contribution in [-0.2, 0) is 28.7 Å². The summed E-state index contributed by atoms with van der Waals surface area (Å²) < 4.78 is 26.1. The van der Waals surface area contributed by atoms with Crippen LogP contribution in [0.4, 0.5) is 15.0 Å². The van der Waals surface area contributed by atoms with Crippen LogP contribution in [0.3, 0.4) is 0 Å². The van der Waals surface area contributed by atoms with Gasteiger partial charge in [-0.2, -0.15) is 4.98 Å². The average molecular weight is 745 g/mol. The van der Waals surface area contributed by atoms with Crippen LogP contribution in [-0.4, -0.2) is 123 Å². The Bertz CT molecular complexity index is 1490. The van der Waals surface area contributed by atoms with Crippen LogP contribution in [0.5, 0.6) is 0 Å². The fraction of sp³-hybridized carbons (Fsp3) is 0.667. The van der Waals surface area contributed by atoms with Crippen molar-refractivity contribution in [2.75, 3.05) is 31.6 Å². The van der Waals surface area contributed by atoms with Gasteiger partial charge in [-0.15, -0.1) is 0 Å². The highest BCUT2D eigenvalue weighted by Crippen LogP contribution is 2.28. The van der Waals surface area contributed by atoms with Gasteiger partial charge in [-0.3, -0.25) is 29.2 Å². The molecule has 0 aliphatic carbocycles. The molecule has 21 nitrogen and oxygen atoms in total. The van der Waals surface area contributed by atoms with Gasteiger partial charge in [0.1, 0.15) is 36.0 Å². The van der Waals surface area contributed by atoms with Crippen molar-refractivity contribution in [1.29, 1.82) is 5.41 Å². The monoisotopic (exact) mass is 744 g/mol. The number of guanidine groups is 1. The molecule has 2 heterocycles. The Labute approximate surface area is 298 Å². The van der Waals surface area contributed by atoms with Crippen LogP contribution in [0.15, 0.2) is 11.0 Å². The van der Waals surface area contributed by atoms with Gasteiger partial charge in [0.05, 0.1) is 19.3 Å². The summed E-state index contributed by atoms with van der Waals surface area (Å²) in [7, 11) is 0.